The van der Waals surface area contributed by atoms with E-state index >= 15 is 0 Å². The van der Waals surface area contributed by atoms with E-state index in [1.807, 2.05) is 18.7 Å². The van der Waals surface area contributed by atoms with Crippen LogP contribution in [0.25, 0.3) is 0 Å². The van der Waals surface area contributed by atoms with Crippen molar-refractivity contribution < 1.29 is 22.7 Å². The number of sulfonamides is 1. The van der Waals surface area contributed by atoms with E-state index in [-0.39, 0.29) is 12.5 Å². The minimum Gasteiger partial charge on any atom is -0.497 e. The van der Waals surface area contributed by atoms with E-state index in [1.54, 1.807) is 31.4 Å². The van der Waals surface area contributed by atoms with Crippen molar-refractivity contribution in [2.45, 2.75) is 18.7 Å². The molecule has 0 atom stereocenters. The molecule has 2 aromatic rings. The minimum atomic E-state index is -3.50. The van der Waals surface area contributed by atoms with Gasteiger partial charge in [-0.15, -0.1) is 11.3 Å². The lowest BCUT2D eigenvalue weighted by atomic mass is 10.2. The fourth-order valence-corrected chi connectivity index (χ4v) is 6.38. The van der Waals surface area contributed by atoms with E-state index in [0.29, 0.717) is 48.3 Å². The maximum Gasteiger partial charge on any atom is 0.244 e. The van der Waals surface area contributed by atoms with E-state index in [0.717, 1.165) is 9.75 Å². The SMILES string of the molecule is COc1ccc(OC)c(NC(=O)CN2CCN(S(=O)(=O)c3cc(C)sc3C)CC2)c1. The Kier molecular flexibility index (Phi) is 7.02. The number of hydrogen-bond donors (Lipinski definition) is 1. The number of rotatable bonds is 7. The van der Waals surface area contributed by atoms with Gasteiger partial charge < -0.3 is 14.8 Å². The second-order valence-electron chi connectivity index (χ2n) is 7.07. The van der Waals surface area contributed by atoms with Crippen LogP contribution >= 0.6 is 11.3 Å². The molecule has 164 valence electrons. The van der Waals surface area contributed by atoms with Crippen molar-refractivity contribution in [3.8, 4) is 11.5 Å². The Bertz CT molecular complexity index is 1010. The van der Waals surface area contributed by atoms with Gasteiger partial charge >= 0.3 is 0 Å². The Labute approximate surface area is 181 Å². The summed E-state index contributed by atoms with van der Waals surface area (Å²) in [6.45, 7) is 5.60. The number of anilines is 1. The molecular weight excluding hydrogens is 426 g/mol. The second-order valence-corrected chi connectivity index (χ2v) is 10.4. The van der Waals surface area contributed by atoms with Crippen molar-refractivity contribution in [3.63, 3.8) is 0 Å². The van der Waals surface area contributed by atoms with Crippen LogP contribution in [0.3, 0.4) is 0 Å². The van der Waals surface area contributed by atoms with Gasteiger partial charge in [0.1, 0.15) is 11.5 Å². The smallest absolute Gasteiger partial charge is 0.244 e. The Morgan fingerprint density at radius 3 is 2.37 bits per heavy atom. The van der Waals surface area contributed by atoms with Crippen molar-refractivity contribution in [2.24, 2.45) is 0 Å². The predicted octanol–water partition coefficient (Wildman–Crippen LogP) is 2.33. The lowest BCUT2D eigenvalue weighted by Gasteiger charge is -2.33. The summed E-state index contributed by atoms with van der Waals surface area (Å²) in [6.07, 6.45) is 0. The van der Waals surface area contributed by atoms with E-state index in [1.165, 1.54) is 22.8 Å². The number of carbonyl (C=O) groups excluding carboxylic acids is 1. The van der Waals surface area contributed by atoms with Crippen molar-refractivity contribution >= 4 is 33.0 Å². The van der Waals surface area contributed by atoms with Crippen molar-refractivity contribution in [3.05, 3.63) is 34.0 Å². The maximum atomic E-state index is 12.9. The Morgan fingerprint density at radius 2 is 1.80 bits per heavy atom. The zero-order valence-corrected chi connectivity index (χ0v) is 19.2. The monoisotopic (exact) mass is 453 g/mol. The molecule has 0 aliphatic carbocycles. The number of aryl methyl sites for hydroxylation is 2. The molecule has 1 aliphatic heterocycles. The minimum absolute atomic E-state index is 0.171. The van der Waals surface area contributed by atoms with Gasteiger partial charge in [-0.05, 0) is 32.0 Å². The number of ether oxygens (including phenoxy) is 2. The molecule has 1 aromatic heterocycles. The fraction of sp³-hybridized carbons (Fsp3) is 0.450. The number of hydrogen-bond acceptors (Lipinski definition) is 7. The molecule has 0 radical (unpaired) electrons. The topological polar surface area (TPSA) is 88.2 Å². The Hall–Kier alpha value is -2.14. The molecule has 1 N–H and O–H groups in total. The summed E-state index contributed by atoms with van der Waals surface area (Å²) in [7, 11) is -0.412. The van der Waals surface area contributed by atoms with Crippen LogP contribution < -0.4 is 14.8 Å². The zero-order valence-electron chi connectivity index (χ0n) is 17.6. The molecule has 1 aromatic carbocycles. The third-order valence-electron chi connectivity index (χ3n) is 4.99. The number of methoxy groups -OCH3 is 2. The number of carbonyl (C=O) groups is 1. The average molecular weight is 454 g/mol. The zero-order chi connectivity index (χ0) is 21.9. The van der Waals surface area contributed by atoms with Crippen molar-refractivity contribution in [1.29, 1.82) is 0 Å². The van der Waals surface area contributed by atoms with Crippen LogP contribution in [0, 0.1) is 13.8 Å². The summed E-state index contributed by atoms with van der Waals surface area (Å²) in [5.74, 6) is 0.965. The molecule has 2 heterocycles. The highest BCUT2D eigenvalue weighted by Crippen LogP contribution is 2.29. The first-order valence-electron chi connectivity index (χ1n) is 9.56. The molecule has 1 amide bonds. The normalized spacial score (nSPS) is 15.7. The highest BCUT2D eigenvalue weighted by Gasteiger charge is 2.31. The number of benzene rings is 1. The van der Waals surface area contributed by atoms with Gasteiger partial charge in [0.05, 0.1) is 31.3 Å². The molecule has 1 saturated heterocycles. The molecular formula is C20H27N3O5S2. The van der Waals surface area contributed by atoms with Crippen molar-refractivity contribution in [1.82, 2.24) is 9.21 Å². The first kappa shape index (κ1) is 22.5. The third kappa shape index (κ3) is 4.94. The maximum absolute atomic E-state index is 12.9. The van der Waals surface area contributed by atoms with Gasteiger partial charge in [-0.2, -0.15) is 4.31 Å². The Balaban J connectivity index is 1.58. The van der Waals surface area contributed by atoms with Crippen LogP contribution in [0.4, 0.5) is 5.69 Å². The summed E-state index contributed by atoms with van der Waals surface area (Å²) >= 11 is 1.49. The Morgan fingerprint density at radius 1 is 1.10 bits per heavy atom. The van der Waals surface area contributed by atoms with Gasteiger partial charge in [0.2, 0.25) is 15.9 Å². The highest BCUT2D eigenvalue weighted by atomic mass is 32.2. The quantitative estimate of drug-likeness (QED) is 0.692. The van der Waals surface area contributed by atoms with Crippen molar-refractivity contribution in [2.75, 3.05) is 52.3 Å². The van der Waals surface area contributed by atoms with Crippen LogP contribution in [0.1, 0.15) is 9.75 Å². The van der Waals surface area contributed by atoms with Gasteiger partial charge in [-0.1, -0.05) is 0 Å². The largest absolute Gasteiger partial charge is 0.497 e. The number of nitrogens with zero attached hydrogens (tertiary/aromatic N) is 2. The molecule has 0 unspecified atom stereocenters. The molecule has 0 saturated carbocycles. The number of thiophene rings is 1. The van der Waals surface area contributed by atoms with E-state index in [9.17, 15) is 13.2 Å². The number of nitrogens with one attached hydrogen (secondary N) is 1. The van der Waals surface area contributed by atoms with E-state index < -0.39 is 10.0 Å². The van der Waals surface area contributed by atoms with Crippen LogP contribution in [0.2, 0.25) is 0 Å². The molecule has 10 heteroatoms. The standard InChI is InChI=1S/C20H27N3O5S2/c1-14-11-19(15(2)29-14)30(25,26)23-9-7-22(8-10-23)13-20(24)21-17-12-16(27-3)5-6-18(17)28-4/h5-6,11-12H,7-10,13H2,1-4H3,(H,21,24). The van der Waals surface area contributed by atoms with Gasteiger partial charge in [0.15, 0.2) is 0 Å². The predicted molar refractivity (Wildman–Crippen MR) is 117 cm³/mol. The van der Waals surface area contributed by atoms with Gasteiger partial charge in [0.25, 0.3) is 0 Å². The first-order chi connectivity index (χ1) is 14.2. The summed E-state index contributed by atoms with van der Waals surface area (Å²) in [5, 5.41) is 2.84. The summed E-state index contributed by atoms with van der Waals surface area (Å²) < 4.78 is 37.8. The second kappa shape index (κ2) is 9.34. The summed E-state index contributed by atoms with van der Waals surface area (Å²) in [5.41, 5.74) is 0.534. The molecule has 8 nitrogen and oxygen atoms in total. The molecule has 0 bridgehead atoms. The lowest BCUT2D eigenvalue weighted by molar-refractivity contribution is -0.117. The van der Waals surface area contributed by atoms with Gasteiger partial charge in [-0.25, -0.2) is 8.42 Å². The molecule has 30 heavy (non-hydrogen) atoms. The fourth-order valence-electron chi connectivity index (χ4n) is 3.44. The van der Waals surface area contributed by atoms with Crippen LogP contribution in [0.5, 0.6) is 11.5 Å². The molecule has 3 rings (SSSR count). The average Bonchev–Trinajstić information content (AvgIpc) is 3.07. The molecule has 0 spiro atoms. The molecule has 1 fully saturated rings. The van der Waals surface area contributed by atoms with E-state index in [4.69, 9.17) is 9.47 Å². The van der Waals surface area contributed by atoms with Gasteiger partial charge in [0, 0.05) is 42.0 Å². The van der Waals surface area contributed by atoms with Crippen LogP contribution in [-0.4, -0.2) is 70.5 Å². The third-order valence-corrected chi connectivity index (χ3v) is 8.11. The van der Waals surface area contributed by atoms with Gasteiger partial charge in [-0.3, -0.25) is 9.69 Å². The number of amides is 1. The molecule has 1 aliphatic rings. The van der Waals surface area contributed by atoms with Crippen LogP contribution in [0.15, 0.2) is 29.2 Å². The number of piperazine rings is 1. The first-order valence-corrected chi connectivity index (χ1v) is 11.8. The van der Waals surface area contributed by atoms with Crippen LogP contribution in [-0.2, 0) is 14.8 Å². The lowest BCUT2D eigenvalue weighted by Crippen LogP contribution is -2.50. The van der Waals surface area contributed by atoms with E-state index in [2.05, 4.69) is 5.32 Å². The highest BCUT2D eigenvalue weighted by molar-refractivity contribution is 7.89. The summed E-state index contributed by atoms with van der Waals surface area (Å²) in [4.78, 5) is 16.6. The summed E-state index contributed by atoms with van der Waals surface area (Å²) in [6, 6.07) is 6.92.